The lowest BCUT2D eigenvalue weighted by molar-refractivity contribution is -0.385. The lowest BCUT2D eigenvalue weighted by atomic mass is 9.86. The van der Waals surface area contributed by atoms with Gasteiger partial charge in [0.1, 0.15) is 5.60 Å². The molecule has 2 heterocycles. The van der Waals surface area contributed by atoms with Gasteiger partial charge in [0.15, 0.2) is 11.2 Å². The summed E-state index contributed by atoms with van der Waals surface area (Å²) in [6, 6.07) is 29.4. The molecule has 0 aliphatic carbocycles. The molecule has 0 fully saturated rings. The van der Waals surface area contributed by atoms with Crippen LogP contribution in [0.3, 0.4) is 0 Å². The number of fused-ring (bicyclic) bond motifs is 2. The number of amides is 2. The molecule has 1 atom stereocenters. The van der Waals surface area contributed by atoms with Crippen molar-refractivity contribution in [1.82, 2.24) is 10.5 Å². The predicted molar refractivity (Wildman–Crippen MR) is 165 cm³/mol. The van der Waals surface area contributed by atoms with Gasteiger partial charge in [-0.05, 0) is 43.2 Å². The Labute approximate surface area is 253 Å². The summed E-state index contributed by atoms with van der Waals surface area (Å²) in [4.78, 5) is 41.5. The van der Waals surface area contributed by atoms with Gasteiger partial charge in [0.2, 0.25) is 5.76 Å². The first-order valence-electron chi connectivity index (χ1n) is 14.1. The maximum atomic E-state index is 14.6. The smallest absolute Gasteiger partial charge is 0.408 e. The summed E-state index contributed by atoms with van der Waals surface area (Å²) in [6.07, 6.45) is -1.22. The van der Waals surface area contributed by atoms with Crippen molar-refractivity contribution in [2.45, 2.75) is 44.9 Å². The number of hydrogen-bond donors (Lipinski definition) is 1. The summed E-state index contributed by atoms with van der Waals surface area (Å²) in [5.41, 5.74) is -0.578. The third-order valence-corrected chi connectivity index (χ3v) is 7.55. The molecule has 0 unspecified atom stereocenters. The molecule has 4 aromatic carbocycles. The highest BCUT2D eigenvalue weighted by Gasteiger charge is 2.54. The Bertz CT molecular complexity index is 1890. The van der Waals surface area contributed by atoms with Crippen molar-refractivity contribution in [3.8, 4) is 11.3 Å². The van der Waals surface area contributed by atoms with E-state index in [-0.39, 0.29) is 30.1 Å². The van der Waals surface area contributed by atoms with Gasteiger partial charge in [0.05, 0.1) is 23.6 Å². The third-order valence-electron chi connectivity index (χ3n) is 7.55. The predicted octanol–water partition coefficient (Wildman–Crippen LogP) is 6.91. The summed E-state index contributed by atoms with van der Waals surface area (Å²) in [6.45, 7) is 5.35. The molecule has 1 N–H and O–H groups in total. The van der Waals surface area contributed by atoms with Gasteiger partial charge in [-0.15, -0.1) is 0 Å². The van der Waals surface area contributed by atoms with Crippen LogP contribution in [0.15, 0.2) is 102 Å². The number of para-hydroxylation sites is 1. The van der Waals surface area contributed by atoms with Gasteiger partial charge < -0.3 is 19.5 Å². The molecule has 1 aliphatic rings. The highest BCUT2D eigenvalue weighted by Crippen LogP contribution is 2.46. The van der Waals surface area contributed by atoms with E-state index in [0.29, 0.717) is 16.8 Å². The van der Waals surface area contributed by atoms with Crippen molar-refractivity contribution in [3.05, 3.63) is 124 Å². The van der Waals surface area contributed by atoms with Gasteiger partial charge in [-0.3, -0.25) is 14.9 Å². The summed E-state index contributed by atoms with van der Waals surface area (Å²) in [5, 5.41) is 21.2. The van der Waals surface area contributed by atoms with Gasteiger partial charge >= 0.3 is 11.8 Å². The van der Waals surface area contributed by atoms with E-state index >= 15 is 0 Å². The number of aromatic nitrogens is 1. The van der Waals surface area contributed by atoms with Gasteiger partial charge in [-0.2, -0.15) is 0 Å². The first-order chi connectivity index (χ1) is 21.1. The topological polar surface area (TPSA) is 128 Å². The average Bonchev–Trinajstić information content (AvgIpc) is 3.50. The Morgan fingerprint density at radius 1 is 0.977 bits per heavy atom. The fraction of sp³-hybridized carbons (Fsp3) is 0.206. The zero-order chi connectivity index (χ0) is 31.1. The van der Waals surface area contributed by atoms with Crippen LogP contribution in [-0.2, 0) is 28.0 Å². The van der Waals surface area contributed by atoms with Gasteiger partial charge in [0, 0.05) is 11.1 Å². The van der Waals surface area contributed by atoms with Crippen LogP contribution in [0.25, 0.3) is 22.0 Å². The molecule has 0 spiro atoms. The van der Waals surface area contributed by atoms with Crippen molar-refractivity contribution in [2.24, 2.45) is 0 Å². The highest BCUT2D eigenvalue weighted by molar-refractivity contribution is 6.09. The van der Waals surface area contributed by atoms with Crippen molar-refractivity contribution in [2.75, 3.05) is 4.90 Å². The van der Waals surface area contributed by atoms with Crippen LogP contribution in [0.4, 0.5) is 16.2 Å². The quantitative estimate of drug-likeness (QED) is 0.161. The molecule has 5 aromatic rings. The Balaban J connectivity index is 1.50. The fourth-order valence-corrected chi connectivity index (χ4v) is 5.73. The molecular formula is C34H30N4O6. The number of benzene rings is 4. The molecule has 0 saturated carbocycles. The van der Waals surface area contributed by atoms with E-state index in [2.05, 4.69) is 10.5 Å². The highest BCUT2D eigenvalue weighted by atomic mass is 16.6. The second-order valence-electron chi connectivity index (χ2n) is 11.7. The molecule has 10 nitrogen and oxygen atoms in total. The molecular weight excluding hydrogens is 560 g/mol. The van der Waals surface area contributed by atoms with E-state index in [4.69, 9.17) is 9.26 Å². The molecule has 0 bridgehead atoms. The van der Waals surface area contributed by atoms with Crippen molar-refractivity contribution in [3.63, 3.8) is 0 Å². The number of nitrogens with zero attached hydrogens (tertiary/aromatic N) is 3. The molecule has 1 aromatic heterocycles. The van der Waals surface area contributed by atoms with Crippen LogP contribution in [0.1, 0.15) is 37.7 Å². The van der Waals surface area contributed by atoms with Crippen molar-refractivity contribution < 1.29 is 23.8 Å². The minimum Gasteiger partial charge on any atom is -0.444 e. The number of carbonyl (C=O) groups excluding carboxylic acids is 2. The van der Waals surface area contributed by atoms with E-state index in [1.54, 1.807) is 62.1 Å². The largest absolute Gasteiger partial charge is 0.444 e. The standard InChI is InChI=1S/C34H30N4O6/c1-33(2,3)43-32(40)35-34(26-18-9-10-19-27(26)37(31(34)39)21-22-12-5-4-6-13-22)20-28-30(38(41)42)29(36-44-28)25-17-11-15-23-14-7-8-16-24(23)25/h4-19H,20-21H2,1-3H3,(H,35,40)/t34-/m1/s1. The lowest BCUT2D eigenvalue weighted by Gasteiger charge is -2.30. The van der Waals surface area contributed by atoms with Gasteiger partial charge in [-0.25, -0.2) is 4.79 Å². The number of nitro groups is 1. The zero-order valence-corrected chi connectivity index (χ0v) is 24.4. The number of anilines is 1. The van der Waals surface area contributed by atoms with E-state index in [1.807, 2.05) is 60.7 Å². The number of rotatable bonds is 7. The van der Waals surface area contributed by atoms with E-state index < -0.39 is 28.1 Å². The van der Waals surface area contributed by atoms with E-state index in [1.165, 1.54) is 0 Å². The molecule has 0 radical (unpaired) electrons. The zero-order valence-electron chi connectivity index (χ0n) is 24.4. The number of alkyl carbamates (subject to hydrolysis) is 1. The number of hydrogen-bond acceptors (Lipinski definition) is 7. The molecule has 1 aliphatic heterocycles. The van der Waals surface area contributed by atoms with Gasteiger partial charge in [-0.1, -0.05) is 96.2 Å². The number of carbonyl (C=O) groups is 2. The second-order valence-corrected chi connectivity index (χ2v) is 11.7. The molecule has 10 heteroatoms. The van der Waals surface area contributed by atoms with E-state index in [9.17, 15) is 19.7 Å². The first-order valence-corrected chi connectivity index (χ1v) is 14.1. The van der Waals surface area contributed by atoms with E-state index in [0.717, 1.165) is 16.3 Å². The Morgan fingerprint density at radius 3 is 2.41 bits per heavy atom. The van der Waals surface area contributed by atoms with Crippen molar-refractivity contribution >= 4 is 34.1 Å². The van der Waals surface area contributed by atoms with Crippen LogP contribution in [-0.4, -0.2) is 27.7 Å². The maximum Gasteiger partial charge on any atom is 0.408 e. The van der Waals surface area contributed by atoms with Crippen LogP contribution < -0.4 is 10.2 Å². The Morgan fingerprint density at radius 2 is 1.66 bits per heavy atom. The minimum atomic E-state index is -1.78. The molecule has 0 saturated heterocycles. The van der Waals surface area contributed by atoms with Crippen LogP contribution in [0.2, 0.25) is 0 Å². The Kier molecular flexibility index (Phi) is 7.12. The number of nitrogens with one attached hydrogen (secondary N) is 1. The van der Waals surface area contributed by atoms with Crippen molar-refractivity contribution in [1.29, 1.82) is 0 Å². The summed E-state index contributed by atoms with van der Waals surface area (Å²) in [7, 11) is 0. The number of ether oxygens (including phenoxy) is 1. The first kappa shape index (κ1) is 28.6. The minimum absolute atomic E-state index is 0.0362. The summed E-state index contributed by atoms with van der Waals surface area (Å²) < 4.78 is 11.3. The van der Waals surface area contributed by atoms with Crippen LogP contribution in [0.5, 0.6) is 0 Å². The molecule has 222 valence electrons. The van der Waals surface area contributed by atoms with Gasteiger partial charge in [0.25, 0.3) is 5.91 Å². The molecule has 6 rings (SSSR count). The molecule has 2 amide bonds. The SMILES string of the molecule is CC(C)(C)OC(=O)N[C@@]1(Cc2onc(-c3cccc4ccccc34)c2[N+](=O)[O-])C(=O)N(Cc2ccccc2)c2ccccc21. The molecule has 44 heavy (non-hydrogen) atoms. The maximum absolute atomic E-state index is 14.6. The normalized spacial score (nSPS) is 16.2. The third kappa shape index (κ3) is 5.15. The lowest BCUT2D eigenvalue weighted by Crippen LogP contribution is -2.55. The summed E-state index contributed by atoms with van der Waals surface area (Å²) in [5.74, 6) is -0.635. The fourth-order valence-electron chi connectivity index (χ4n) is 5.73. The average molecular weight is 591 g/mol. The van der Waals surface area contributed by atoms with Crippen LogP contribution >= 0.6 is 0 Å². The Hall–Kier alpha value is -5.51. The summed E-state index contributed by atoms with van der Waals surface area (Å²) >= 11 is 0. The van der Waals surface area contributed by atoms with Crippen LogP contribution in [0, 0.1) is 10.1 Å². The second kappa shape index (κ2) is 11.0. The monoisotopic (exact) mass is 590 g/mol.